The Morgan fingerprint density at radius 3 is 2.70 bits per heavy atom. The van der Waals surface area contributed by atoms with Gasteiger partial charge < -0.3 is 24.4 Å². The van der Waals surface area contributed by atoms with Crippen molar-refractivity contribution in [1.29, 1.82) is 0 Å². The first-order valence-electron chi connectivity index (χ1n) is 16.5. The molecule has 2 aromatic rings. The number of ether oxygens (including phenoxy) is 3. The van der Waals surface area contributed by atoms with E-state index >= 15 is 4.39 Å². The number of benzene rings is 2. The Balaban J connectivity index is 1.20. The molecule has 7 rings (SSSR count). The maximum atomic E-state index is 16.3. The van der Waals surface area contributed by atoms with Crippen molar-refractivity contribution < 1.29 is 43.2 Å². The number of rotatable bonds is 7. The molecule has 9 atom stereocenters. The number of ketones is 3. The van der Waals surface area contributed by atoms with Crippen LogP contribution in [0, 0.1) is 41.3 Å². The second kappa shape index (κ2) is 11.3. The van der Waals surface area contributed by atoms with Crippen LogP contribution in [0.1, 0.15) is 79.8 Å². The molecule has 4 fully saturated rings. The smallest absolute Gasteiger partial charge is 0.193 e. The van der Waals surface area contributed by atoms with E-state index in [0.717, 1.165) is 12.0 Å². The minimum atomic E-state index is -1.60. The highest BCUT2D eigenvalue weighted by Crippen LogP contribution is 2.70. The summed E-state index contributed by atoms with van der Waals surface area (Å²) in [7, 11) is 0. The molecule has 1 heterocycles. The number of halogens is 1. The lowest BCUT2D eigenvalue weighted by molar-refractivity contribution is -0.201. The number of allylic oxidation sites excluding steroid dienone is 4. The molecule has 3 saturated carbocycles. The Morgan fingerprint density at radius 1 is 1.17 bits per heavy atom. The Kier molecular flexibility index (Phi) is 7.71. The van der Waals surface area contributed by atoms with E-state index in [1.807, 2.05) is 13.0 Å². The fourth-order valence-electron chi connectivity index (χ4n) is 9.93. The number of hydrogen-bond acceptors (Lipinski definition) is 8. The first kappa shape index (κ1) is 32.1. The molecule has 0 unspecified atom stereocenters. The average molecular weight is 645 g/mol. The van der Waals surface area contributed by atoms with E-state index in [1.165, 1.54) is 13.0 Å². The topological polar surface area (TPSA) is 119 Å². The van der Waals surface area contributed by atoms with Crippen LogP contribution in [0.25, 0.3) is 0 Å². The zero-order valence-corrected chi connectivity index (χ0v) is 27.1. The van der Waals surface area contributed by atoms with Gasteiger partial charge in [-0.15, -0.1) is 0 Å². The van der Waals surface area contributed by atoms with Crippen LogP contribution in [-0.2, 0) is 25.7 Å². The Bertz CT molecular complexity index is 1730. The van der Waals surface area contributed by atoms with E-state index in [1.54, 1.807) is 49.4 Å². The lowest BCUT2D eigenvalue weighted by Crippen LogP contribution is -2.63. The Labute approximate surface area is 273 Å². The summed E-state index contributed by atoms with van der Waals surface area (Å²) < 4.78 is 35.3. The number of fused-ring (bicyclic) bond motifs is 7. The zero-order valence-electron chi connectivity index (χ0n) is 27.1. The third kappa shape index (κ3) is 4.65. The van der Waals surface area contributed by atoms with Gasteiger partial charge in [-0.05, 0) is 86.8 Å². The molecule has 8 nitrogen and oxygen atoms in total. The summed E-state index contributed by atoms with van der Waals surface area (Å²) in [6.07, 6.45) is 4.53. The minimum absolute atomic E-state index is 0.0140. The highest BCUT2D eigenvalue weighted by molar-refractivity contribution is 6.01. The summed E-state index contributed by atoms with van der Waals surface area (Å²) in [5, 5.41) is 22.2. The lowest BCUT2D eigenvalue weighted by Gasteiger charge is -2.59. The van der Waals surface area contributed by atoms with Crippen molar-refractivity contribution in [3.63, 3.8) is 0 Å². The van der Waals surface area contributed by atoms with E-state index < -0.39 is 53.1 Å². The number of carbonyl (C=O) groups is 3. The SMILES string of the molecule is CC(=O)c1cccc(COc2ccc(C)c([C@H]3O[C@@H]4C[C@H]5[C@@H]6CCC7=CC(=O)C=C[C@]7(C)[C@H]6[C@@H](O)C[C@]5(C)[C@]4(C(=O)CO)O3)c2F)c1. The van der Waals surface area contributed by atoms with Gasteiger partial charge in [-0.2, -0.15) is 0 Å². The largest absolute Gasteiger partial charge is 0.486 e. The second-order valence-corrected chi connectivity index (χ2v) is 14.5. The molecule has 0 radical (unpaired) electrons. The minimum Gasteiger partial charge on any atom is -0.486 e. The first-order valence-corrected chi connectivity index (χ1v) is 16.5. The van der Waals surface area contributed by atoms with Gasteiger partial charge >= 0.3 is 0 Å². The molecule has 4 aliphatic carbocycles. The number of aryl methyl sites for hydroxylation is 1. The molecule has 47 heavy (non-hydrogen) atoms. The predicted octanol–water partition coefficient (Wildman–Crippen LogP) is 5.52. The summed E-state index contributed by atoms with van der Waals surface area (Å²) in [6, 6.07) is 10.2. The molecule has 9 heteroatoms. The third-order valence-corrected chi connectivity index (χ3v) is 12.1. The third-order valence-electron chi connectivity index (χ3n) is 12.1. The molecule has 2 N–H and O–H groups in total. The molecule has 1 saturated heterocycles. The van der Waals surface area contributed by atoms with Crippen molar-refractivity contribution >= 4 is 17.3 Å². The molecule has 0 spiro atoms. The molecular formula is C38H41FO8. The van der Waals surface area contributed by atoms with E-state index in [4.69, 9.17) is 14.2 Å². The molecule has 0 amide bonds. The lowest BCUT2D eigenvalue weighted by atomic mass is 9.46. The molecule has 0 bridgehead atoms. The zero-order chi connectivity index (χ0) is 33.5. The summed E-state index contributed by atoms with van der Waals surface area (Å²) in [5.74, 6) is -1.58. The normalized spacial score (nSPS) is 37.0. The first-order chi connectivity index (χ1) is 22.3. The summed E-state index contributed by atoms with van der Waals surface area (Å²) in [5.41, 5.74) is -0.0519. The van der Waals surface area contributed by atoms with Crippen LogP contribution >= 0.6 is 0 Å². The van der Waals surface area contributed by atoms with Crippen molar-refractivity contribution in [1.82, 2.24) is 0 Å². The Morgan fingerprint density at radius 2 is 1.96 bits per heavy atom. The highest BCUT2D eigenvalue weighted by Gasteiger charge is 2.76. The second-order valence-electron chi connectivity index (χ2n) is 14.5. The maximum Gasteiger partial charge on any atom is 0.193 e. The van der Waals surface area contributed by atoms with Gasteiger partial charge in [-0.1, -0.05) is 49.8 Å². The van der Waals surface area contributed by atoms with Crippen molar-refractivity contribution in [2.75, 3.05) is 6.61 Å². The number of carbonyl (C=O) groups excluding carboxylic acids is 3. The Hall–Kier alpha value is -3.50. The fraction of sp³-hybridized carbons (Fsp3) is 0.500. The number of Topliss-reactive ketones (excluding diaryl/α,β-unsaturated/α-hetero) is 2. The summed E-state index contributed by atoms with van der Waals surface area (Å²) in [6.45, 7) is 6.49. The summed E-state index contributed by atoms with van der Waals surface area (Å²) in [4.78, 5) is 37.9. The van der Waals surface area contributed by atoms with Gasteiger partial charge in [0.2, 0.25) is 0 Å². The average Bonchev–Trinajstić information content (AvgIpc) is 3.53. The number of hydrogen-bond donors (Lipinski definition) is 2. The molecule has 5 aliphatic rings. The van der Waals surface area contributed by atoms with Gasteiger partial charge in [0.05, 0.1) is 17.8 Å². The molecule has 0 aromatic heterocycles. The molecule has 248 valence electrons. The molecule has 1 aliphatic heterocycles. The van der Waals surface area contributed by atoms with Crippen LogP contribution in [0.2, 0.25) is 0 Å². The van der Waals surface area contributed by atoms with Crippen LogP contribution in [0.15, 0.2) is 60.2 Å². The summed E-state index contributed by atoms with van der Waals surface area (Å²) >= 11 is 0. The van der Waals surface area contributed by atoms with Gasteiger partial charge in [-0.25, -0.2) is 4.39 Å². The van der Waals surface area contributed by atoms with E-state index in [2.05, 4.69) is 6.92 Å². The number of aliphatic hydroxyl groups excluding tert-OH is 2. The van der Waals surface area contributed by atoms with Gasteiger partial charge in [0, 0.05) is 22.3 Å². The predicted molar refractivity (Wildman–Crippen MR) is 169 cm³/mol. The molecular weight excluding hydrogens is 603 g/mol. The van der Waals surface area contributed by atoms with Crippen molar-refractivity contribution in [3.8, 4) is 5.75 Å². The van der Waals surface area contributed by atoms with Crippen LogP contribution in [0.4, 0.5) is 4.39 Å². The maximum absolute atomic E-state index is 16.3. The van der Waals surface area contributed by atoms with Crippen molar-refractivity contribution in [3.05, 3.63) is 88.3 Å². The van der Waals surface area contributed by atoms with Crippen molar-refractivity contribution in [2.45, 2.75) is 84.1 Å². The monoisotopic (exact) mass is 644 g/mol. The van der Waals surface area contributed by atoms with Crippen LogP contribution < -0.4 is 4.74 Å². The van der Waals surface area contributed by atoms with E-state index in [9.17, 15) is 24.6 Å². The van der Waals surface area contributed by atoms with Gasteiger partial charge in [0.25, 0.3) is 0 Å². The van der Waals surface area contributed by atoms with Crippen LogP contribution in [-0.4, -0.2) is 52.0 Å². The van der Waals surface area contributed by atoms with Gasteiger partial charge in [0.15, 0.2) is 40.8 Å². The van der Waals surface area contributed by atoms with E-state index in [-0.39, 0.29) is 53.7 Å². The van der Waals surface area contributed by atoms with E-state index in [0.29, 0.717) is 29.5 Å². The molecule has 2 aromatic carbocycles. The quantitative estimate of drug-likeness (QED) is 0.379. The van der Waals surface area contributed by atoms with Crippen LogP contribution in [0.5, 0.6) is 5.75 Å². The fourth-order valence-corrected chi connectivity index (χ4v) is 9.93. The van der Waals surface area contributed by atoms with Gasteiger partial charge in [0.1, 0.15) is 13.2 Å². The van der Waals surface area contributed by atoms with Crippen LogP contribution in [0.3, 0.4) is 0 Å². The number of aliphatic hydroxyl groups is 2. The highest BCUT2D eigenvalue weighted by atomic mass is 19.1. The van der Waals surface area contributed by atoms with Gasteiger partial charge in [-0.3, -0.25) is 14.4 Å². The standard InChI is InChI=1S/C38H41FO8/c1-20-8-11-29(45-19-22-6-5-7-23(14-22)21(2)41)34(39)32(20)35-46-31-16-27-26-10-9-24-15-25(42)12-13-36(24,3)33(26)28(43)17-37(27,4)38(31,47-35)30(44)18-40/h5-8,11-15,26-28,31,33,35,40,43H,9-10,16-19H2,1-4H3/t26-,27-,28-,31+,33+,35-,36-,37-,38+/m0/s1. The van der Waals surface area contributed by atoms with Crippen molar-refractivity contribution in [2.24, 2.45) is 28.6 Å².